The summed E-state index contributed by atoms with van der Waals surface area (Å²) >= 11 is 0. The van der Waals surface area contributed by atoms with Crippen LogP contribution < -0.4 is 10.0 Å². The van der Waals surface area contributed by atoms with Crippen LogP contribution in [0.3, 0.4) is 0 Å². The number of amides is 1. The molecule has 2 N–H and O–H groups in total. The van der Waals surface area contributed by atoms with E-state index in [0.29, 0.717) is 12.1 Å². The minimum absolute atomic E-state index is 0.126. The van der Waals surface area contributed by atoms with E-state index in [1.807, 2.05) is 43.3 Å². The molecule has 0 fully saturated rings. The summed E-state index contributed by atoms with van der Waals surface area (Å²) in [5.74, 6) is -0.126. The van der Waals surface area contributed by atoms with E-state index in [1.165, 1.54) is 0 Å². The normalized spacial score (nSPS) is 12.0. The summed E-state index contributed by atoms with van der Waals surface area (Å²) in [7, 11) is -1.87. The van der Waals surface area contributed by atoms with E-state index in [9.17, 15) is 13.2 Å². The van der Waals surface area contributed by atoms with Gasteiger partial charge in [0.1, 0.15) is 4.75 Å². The summed E-state index contributed by atoms with van der Waals surface area (Å²) < 4.78 is 26.7. The van der Waals surface area contributed by atoms with Gasteiger partial charge in [-0.1, -0.05) is 43.3 Å². The van der Waals surface area contributed by atoms with Crippen LogP contribution in [0.5, 0.6) is 0 Å². The molecule has 6 heteroatoms. The maximum absolute atomic E-state index is 12.5. The van der Waals surface area contributed by atoms with Gasteiger partial charge in [-0.3, -0.25) is 4.79 Å². The first-order chi connectivity index (χ1) is 12.2. The molecule has 1 amide bonds. The molecule has 5 nitrogen and oxygen atoms in total. The Morgan fingerprint density at radius 3 is 1.92 bits per heavy atom. The molecule has 2 aromatic rings. The van der Waals surface area contributed by atoms with Gasteiger partial charge in [0.25, 0.3) is 5.91 Å². The van der Waals surface area contributed by atoms with Gasteiger partial charge < -0.3 is 5.32 Å². The van der Waals surface area contributed by atoms with Gasteiger partial charge in [0.2, 0.25) is 10.0 Å². The molecule has 0 heterocycles. The van der Waals surface area contributed by atoms with E-state index in [0.717, 1.165) is 23.1 Å². The van der Waals surface area contributed by atoms with Gasteiger partial charge in [-0.05, 0) is 49.1 Å². The Hall–Kier alpha value is -2.18. The van der Waals surface area contributed by atoms with Crippen LogP contribution in [0.15, 0.2) is 48.5 Å². The Morgan fingerprint density at radius 1 is 0.962 bits per heavy atom. The molecular weight excluding hydrogens is 348 g/mol. The Morgan fingerprint density at radius 2 is 1.46 bits per heavy atom. The fourth-order valence-corrected chi connectivity index (χ4v) is 3.87. The number of sulfonamides is 1. The average Bonchev–Trinajstić information content (AvgIpc) is 2.66. The van der Waals surface area contributed by atoms with Crippen molar-refractivity contribution in [1.29, 1.82) is 0 Å². The van der Waals surface area contributed by atoms with Crippen molar-refractivity contribution in [3.63, 3.8) is 0 Å². The smallest absolute Gasteiger partial charge is 0.251 e. The summed E-state index contributed by atoms with van der Waals surface area (Å²) in [4.78, 5) is 11.6. The molecule has 140 valence electrons. The van der Waals surface area contributed by atoms with Gasteiger partial charge >= 0.3 is 0 Å². The Bertz CT molecular complexity index is 855. The highest BCUT2D eigenvalue weighted by Crippen LogP contribution is 2.31. The second-order valence-electron chi connectivity index (χ2n) is 6.64. The predicted molar refractivity (Wildman–Crippen MR) is 106 cm³/mol. The number of hydrogen-bond donors (Lipinski definition) is 2. The predicted octanol–water partition coefficient (Wildman–Crippen LogP) is 3.28. The zero-order valence-corrected chi connectivity index (χ0v) is 16.5. The molecule has 0 unspecified atom stereocenters. The fourth-order valence-electron chi connectivity index (χ4n) is 2.59. The molecular formula is C20H26N2O3S. The van der Waals surface area contributed by atoms with Crippen molar-refractivity contribution in [3.05, 3.63) is 59.7 Å². The van der Waals surface area contributed by atoms with Crippen molar-refractivity contribution >= 4 is 15.9 Å². The van der Waals surface area contributed by atoms with Gasteiger partial charge in [0.05, 0.1) is 0 Å². The van der Waals surface area contributed by atoms with Crippen molar-refractivity contribution in [2.45, 2.75) is 31.9 Å². The summed E-state index contributed by atoms with van der Waals surface area (Å²) in [6.45, 7) is 5.78. The SMILES string of the molecule is CCCNS(=O)(=O)C(C)(C)c1ccc(-c2ccc(C(=O)NC)cc2)cc1. The first kappa shape index (κ1) is 20.1. The van der Waals surface area contributed by atoms with Crippen molar-refractivity contribution in [1.82, 2.24) is 10.0 Å². The van der Waals surface area contributed by atoms with Crippen LogP contribution in [-0.2, 0) is 14.8 Å². The maximum Gasteiger partial charge on any atom is 0.251 e. The highest BCUT2D eigenvalue weighted by molar-refractivity contribution is 7.90. The van der Waals surface area contributed by atoms with Crippen LogP contribution in [0, 0.1) is 0 Å². The summed E-state index contributed by atoms with van der Waals surface area (Å²) in [5, 5.41) is 2.59. The molecule has 0 saturated carbocycles. The zero-order chi connectivity index (χ0) is 19.4. The average molecular weight is 375 g/mol. The van der Waals surface area contributed by atoms with E-state index in [2.05, 4.69) is 10.0 Å². The molecule has 2 rings (SSSR count). The molecule has 0 aliphatic heterocycles. The van der Waals surface area contributed by atoms with Crippen molar-refractivity contribution in [2.24, 2.45) is 0 Å². The lowest BCUT2D eigenvalue weighted by molar-refractivity contribution is 0.0963. The van der Waals surface area contributed by atoms with Crippen molar-refractivity contribution in [2.75, 3.05) is 13.6 Å². The van der Waals surface area contributed by atoms with E-state index in [4.69, 9.17) is 0 Å². The summed E-state index contributed by atoms with van der Waals surface area (Å²) in [6.07, 6.45) is 0.750. The lowest BCUT2D eigenvalue weighted by Crippen LogP contribution is -2.39. The van der Waals surface area contributed by atoms with E-state index >= 15 is 0 Å². The number of carbonyl (C=O) groups excluding carboxylic acids is 1. The molecule has 0 atom stereocenters. The minimum atomic E-state index is -3.47. The van der Waals surface area contributed by atoms with Crippen molar-refractivity contribution < 1.29 is 13.2 Å². The van der Waals surface area contributed by atoms with Crippen LogP contribution in [0.25, 0.3) is 11.1 Å². The lowest BCUT2D eigenvalue weighted by Gasteiger charge is -2.26. The number of rotatable bonds is 7. The van der Waals surface area contributed by atoms with Gasteiger partial charge in [-0.2, -0.15) is 0 Å². The molecule has 0 aromatic heterocycles. The Labute approximate surface area is 155 Å². The molecule has 2 aromatic carbocycles. The molecule has 0 aliphatic rings. The number of nitrogens with one attached hydrogen (secondary N) is 2. The molecule has 0 aliphatic carbocycles. The van der Waals surface area contributed by atoms with E-state index < -0.39 is 14.8 Å². The quantitative estimate of drug-likeness (QED) is 0.781. The summed E-state index contributed by atoms with van der Waals surface area (Å²) in [6, 6.07) is 14.8. The number of hydrogen-bond acceptors (Lipinski definition) is 3. The highest BCUT2D eigenvalue weighted by Gasteiger charge is 2.35. The topological polar surface area (TPSA) is 75.3 Å². The third-order valence-corrected chi connectivity index (χ3v) is 6.66. The van der Waals surface area contributed by atoms with Crippen LogP contribution in [0.4, 0.5) is 0 Å². The second kappa shape index (κ2) is 8.01. The second-order valence-corrected chi connectivity index (χ2v) is 8.96. The monoisotopic (exact) mass is 374 g/mol. The van der Waals surface area contributed by atoms with Crippen molar-refractivity contribution in [3.8, 4) is 11.1 Å². The molecule has 26 heavy (non-hydrogen) atoms. The molecule has 0 bridgehead atoms. The number of carbonyl (C=O) groups is 1. The largest absolute Gasteiger partial charge is 0.355 e. The standard InChI is InChI=1S/C20H26N2O3S/c1-5-14-22-26(24,25)20(2,3)18-12-10-16(11-13-18)15-6-8-17(9-7-15)19(23)21-4/h6-13,22H,5,14H2,1-4H3,(H,21,23). The molecule has 0 radical (unpaired) electrons. The Kier molecular flexibility index (Phi) is 6.21. The minimum Gasteiger partial charge on any atom is -0.355 e. The van der Waals surface area contributed by atoms with Crippen LogP contribution in [0.2, 0.25) is 0 Å². The number of benzene rings is 2. The summed E-state index contributed by atoms with van der Waals surface area (Å²) in [5.41, 5.74) is 3.26. The fraction of sp³-hybridized carbons (Fsp3) is 0.350. The first-order valence-corrected chi connectivity index (χ1v) is 10.1. The lowest BCUT2D eigenvalue weighted by atomic mass is 9.97. The Balaban J connectivity index is 2.26. The molecule has 0 spiro atoms. The highest BCUT2D eigenvalue weighted by atomic mass is 32.2. The molecule has 0 saturated heterocycles. The first-order valence-electron chi connectivity index (χ1n) is 8.65. The van der Waals surface area contributed by atoms with Gasteiger partial charge in [0, 0.05) is 19.2 Å². The van der Waals surface area contributed by atoms with Gasteiger partial charge in [-0.15, -0.1) is 0 Å². The van der Waals surface area contributed by atoms with Gasteiger partial charge in [-0.25, -0.2) is 13.1 Å². The van der Waals surface area contributed by atoms with Crippen LogP contribution in [-0.4, -0.2) is 27.9 Å². The maximum atomic E-state index is 12.5. The zero-order valence-electron chi connectivity index (χ0n) is 15.7. The van der Waals surface area contributed by atoms with E-state index in [-0.39, 0.29) is 5.91 Å². The van der Waals surface area contributed by atoms with Gasteiger partial charge in [0.15, 0.2) is 0 Å². The van der Waals surface area contributed by atoms with Crippen LogP contribution in [0.1, 0.15) is 43.1 Å². The van der Waals surface area contributed by atoms with Crippen LogP contribution >= 0.6 is 0 Å². The third-order valence-electron chi connectivity index (χ3n) is 4.50. The third kappa shape index (κ3) is 4.14. The van der Waals surface area contributed by atoms with E-state index in [1.54, 1.807) is 33.0 Å².